The molecule has 0 aliphatic rings. The van der Waals surface area contributed by atoms with Gasteiger partial charge in [0.25, 0.3) is 0 Å². The van der Waals surface area contributed by atoms with Crippen molar-refractivity contribution in [3.63, 3.8) is 0 Å². The molecule has 0 unspecified atom stereocenters. The zero-order valence-corrected chi connectivity index (χ0v) is 29.1. The molecule has 0 aliphatic heterocycles. The summed E-state index contributed by atoms with van der Waals surface area (Å²) in [7, 11) is 0. The predicted molar refractivity (Wildman–Crippen MR) is 178 cm³/mol. The Morgan fingerprint density at radius 3 is 2.10 bits per heavy atom. The van der Waals surface area contributed by atoms with Crippen molar-refractivity contribution in [1.82, 2.24) is 9.97 Å². The number of rotatable bonds is 4. The van der Waals surface area contributed by atoms with Gasteiger partial charge in [-0.3, -0.25) is 0 Å². The van der Waals surface area contributed by atoms with Crippen molar-refractivity contribution in [2.75, 3.05) is 0 Å². The Hall–Kier alpha value is -3.41. The van der Waals surface area contributed by atoms with Crippen LogP contribution in [-0.2, 0) is 20.1 Å². The fourth-order valence-electron chi connectivity index (χ4n) is 4.74. The van der Waals surface area contributed by atoms with Crippen molar-refractivity contribution in [2.24, 2.45) is 0 Å². The fourth-order valence-corrected chi connectivity index (χ4v) is 8.05. The maximum atomic E-state index is 4.53. The van der Waals surface area contributed by atoms with Crippen LogP contribution < -0.4 is 4.40 Å². The Bertz CT molecular complexity index is 1800. The van der Waals surface area contributed by atoms with Gasteiger partial charge in [0.05, 0.1) is 0 Å². The minimum atomic E-state index is -1.72. The van der Waals surface area contributed by atoms with E-state index in [-0.39, 0.29) is 20.1 Å². The Morgan fingerprint density at radius 2 is 1.40 bits per heavy atom. The zero-order chi connectivity index (χ0) is 28.2. The van der Waals surface area contributed by atoms with Gasteiger partial charge in [-0.15, -0.1) is 23.8 Å². The third-order valence-corrected chi connectivity index (χ3v) is 12.4. The van der Waals surface area contributed by atoms with Crippen LogP contribution in [-0.4, -0.2) is 23.2 Å². The summed E-state index contributed by atoms with van der Waals surface area (Å²) < 4.78 is 3.92. The van der Waals surface area contributed by atoms with Crippen molar-refractivity contribution in [3.05, 3.63) is 140 Å². The summed E-state index contributed by atoms with van der Waals surface area (Å²) in [5.74, 6) is 7.14. The van der Waals surface area contributed by atoms with E-state index < -0.39 is 13.3 Å². The van der Waals surface area contributed by atoms with Crippen LogP contribution in [0.4, 0.5) is 0 Å². The van der Waals surface area contributed by atoms with Crippen molar-refractivity contribution in [1.29, 1.82) is 0 Å². The first kappa shape index (κ1) is 30.1. The number of thiophene rings is 1. The molecule has 3 heterocycles. The van der Waals surface area contributed by atoms with Gasteiger partial charge in [0.2, 0.25) is 0 Å². The summed E-state index contributed by atoms with van der Waals surface area (Å²) in [5, 5.41) is 2.56. The van der Waals surface area contributed by atoms with Crippen LogP contribution in [0.15, 0.2) is 128 Å². The molecule has 0 atom stereocenters. The van der Waals surface area contributed by atoms with E-state index in [4.69, 9.17) is 0 Å². The Morgan fingerprint density at radius 1 is 0.643 bits per heavy atom. The molecule has 0 spiro atoms. The van der Waals surface area contributed by atoms with Gasteiger partial charge >= 0.3 is 99.8 Å². The number of fused-ring (bicyclic) bond motifs is 3. The quantitative estimate of drug-likeness (QED) is 0.131. The van der Waals surface area contributed by atoms with Gasteiger partial charge in [-0.25, -0.2) is 0 Å². The average Bonchev–Trinajstić information content (AvgIpc) is 3.39. The van der Waals surface area contributed by atoms with Crippen LogP contribution in [0.5, 0.6) is 0 Å². The third kappa shape index (κ3) is 6.80. The average molecular weight is 800 g/mol. The van der Waals surface area contributed by atoms with Crippen molar-refractivity contribution in [3.8, 4) is 33.6 Å². The molecule has 7 rings (SSSR count). The molecular weight excluding hydrogens is 769 g/mol. The van der Waals surface area contributed by atoms with E-state index in [1.165, 1.54) is 35.7 Å². The molecule has 42 heavy (non-hydrogen) atoms. The van der Waals surface area contributed by atoms with Crippen LogP contribution in [0.2, 0.25) is 17.3 Å². The van der Waals surface area contributed by atoms with Gasteiger partial charge < -0.3 is 4.98 Å². The van der Waals surface area contributed by atoms with Gasteiger partial charge in [0, 0.05) is 31.0 Å². The maximum absolute atomic E-state index is 4.53. The van der Waals surface area contributed by atoms with E-state index in [1.807, 2.05) is 54.9 Å². The standard InChI is InChI=1S/C23H14NS.C14H16GeN.Ir/c1-2-6-16(7-3-1)17-9-11-19-20-12-10-18(21-8-4-5-13-24-21)15-23(20)25-22(19)14-17;1-15(2,3)13-9-10-14(16-11-13)12-7-5-4-6-8-12;/h1-14H;4-7,9-11H,1-3H3;/q2*-1;. The normalized spacial score (nSPS) is 11.0. The van der Waals surface area contributed by atoms with E-state index >= 15 is 0 Å². The predicted octanol–water partition coefficient (Wildman–Crippen LogP) is 9.68. The maximum Gasteiger partial charge on any atom is 0.0252 e. The van der Waals surface area contributed by atoms with Crippen LogP contribution in [0.25, 0.3) is 53.8 Å². The summed E-state index contributed by atoms with van der Waals surface area (Å²) in [6.45, 7) is 0. The molecule has 0 saturated heterocycles. The number of nitrogens with zero attached hydrogens (tertiary/aromatic N) is 2. The molecule has 0 bridgehead atoms. The molecule has 0 fully saturated rings. The van der Waals surface area contributed by atoms with Gasteiger partial charge in [0.15, 0.2) is 0 Å². The van der Waals surface area contributed by atoms with E-state index in [0.29, 0.717) is 0 Å². The number of hydrogen-bond donors (Lipinski definition) is 0. The molecule has 0 aliphatic carbocycles. The molecule has 0 N–H and O–H groups in total. The van der Waals surface area contributed by atoms with Crippen LogP contribution >= 0.6 is 11.3 Å². The minimum absolute atomic E-state index is 0. The van der Waals surface area contributed by atoms with Crippen LogP contribution in [0.3, 0.4) is 0 Å². The first-order valence-electron chi connectivity index (χ1n) is 13.7. The van der Waals surface area contributed by atoms with E-state index in [2.05, 4.69) is 112 Å². The number of pyridine rings is 2. The minimum Gasteiger partial charge on any atom is -0.305 e. The van der Waals surface area contributed by atoms with Crippen LogP contribution in [0.1, 0.15) is 0 Å². The summed E-state index contributed by atoms with van der Waals surface area (Å²) in [6.07, 6.45) is 3.86. The van der Waals surface area contributed by atoms with Crippen LogP contribution in [0, 0.1) is 12.1 Å². The number of benzene rings is 4. The molecule has 2 nitrogen and oxygen atoms in total. The second-order valence-electron chi connectivity index (χ2n) is 11.0. The Labute approximate surface area is 268 Å². The topological polar surface area (TPSA) is 25.8 Å². The SMILES string of the molecule is [CH3][Ge]([CH3])([CH3])[c]1ccc(-c2[c-]cccc2)nc1.[Ir].[c-]1c(-c2ccccn2)ccc2c1sc1cc(-c3ccccc3)ccc12. The Balaban J connectivity index is 0.000000181. The summed E-state index contributed by atoms with van der Waals surface area (Å²) >= 11 is 0.0801. The third-order valence-electron chi connectivity index (χ3n) is 7.06. The second kappa shape index (κ2) is 13.3. The van der Waals surface area contributed by atoms with E-state index in [9.17, 15) is 0 Å². The molecule has 7 aromatic rings. The van der Waals surface area contributed by atoms with Crippen molar-refractivity contribution in [2.45, 2.75) is 17.3 Å². The molecule has 1 radical (unpaired) electrons. The van der Waals surface area contributed by atoms with E-state index in [0.717, 1.165) is 22.5 Å². The van der Waals surface area contributed by atoms with Gasteiger partial charge in [-0.05, 0) is 39.0 Å². The molecule has 209 valence electrons. The summed E-state index contributed by atoms with van der Waals surface area (Å²) in [5.41, 5.74) is 6.59. The number of hydrogen-bond acceptors (Lipinski definition) is 3. The first-order valence-corrected chi connectivity index (χ1v) is 21.9. The Kier molecular flexibility index (Phi) is 9.50. The monoisotopic (exact) mass is 801 g/mol. The number of aromatic nitrogens is 2. The largest absolute Gasteiger partial charge is 0.305 e. The zero-order valence-electron chi connectivity index (χ0n) is 23.8. The van der Waals surface area contributed by atoms with E-state index in [1.54, 1.807) is 11.3 Å². The smallest absolute Gasteiger partial charge is 0.0252 e. The van der Waals surface area contributed by atoms with Gasteiger partial charge in [0.1, 0.15) is 0 Å². The molecule has 0 saturated carbocycles. The second-order valence-corrected chi connectivity index (χ2v) is 22.7. The molecule has 0 amide bonds. The fraction of sp³-hybridized carbons (Fsp3) is 0.0811. The first-order chi connectivity index (χ1) is 20.0. The molecule has 5 heteroatoms. The molecule has 3 aromatic heterocycles. The summed E-state index contributed by atoms with van der Waals surface area (Å²) in [4.78, 5) is 8.97. The molecule has 4 aromatic carbocycles. The van der Waals surface area contributed by atoms with Gasteiger partial charge in [-0.2, -0.15) is 11.3 Å². The van der Waals surface area contributed by atoms with Crippen molar-refractivity contribution >= 4 is 49.2 Å². The molecular formula is C37H30GeIrN2S-2. The van der Waals surface area contributed by atoms with Crippen molar-refractivity contribution < 1.29 is 20.1 Å². The summed E-state index contributed by atoms with van der Waals surface area (Å²) in [6, 6.07) is 46.5. The van der Waals surface area contributed by atoms with Gasteiger partial charge in [-0.1, -0.05) is 60.0 Å².